The van der Waals surface area contributed by atoms with Crippen LogP contribution in [0.1, 0.15) is 13.8 Å². The fourth-order valence-corrected chi connectivity index (χ4v) is 2.79. The van der Waals surface area contributed by atoms with E-state index < -0.39 is 10.0 Å². The normalized spacial score (nSPS) is 13.3. The van der Waals surface area contributed by atoms with Crippen LogP contribution < -0.4 is 19.1 Å². The fourth-order valence-electron chi connectivity index (χ4n) is 1.94. The number of benzene rings is 1. The molecule has 8 heteroatoms. The lowest BCUT2D eigenvalue weighted by Gasteiger charge is -2.22. The number of ether oxygens (including phenoxy) is 2. The number of sulfonamides is 1. The maximum absolute atomic E-state index is 11.9. The highest BCUT2D eigenvalue weighted by Crippen LogP contribution is 2.35. The molecule has 0 saturated heterocycles. The summed E-state index contributed by atoms with van der Waals surface area (Å²) in [6.45, 7) is 3.44. The van der Waals surface area contributed by atoms with Gasteiger partial charge in [-0.15, -0.1) is 0 Å². The van der Waals surface area contributed by atoms with E-state index in [9.17, 15) is 13.2 Å². The van der Waals surface area contributed by atoms with Crippen molar-refractivity contribution in [2.75, 3.05) is 23.9 Å². The van der Waals surface area contributed by atoms with Gasteiger partial charge in [-0.05, 0) is 26.0 Å². The molecule has 0 spiro atoms. The molecule has 0 radical (unpaired) electrons. The highest BCUT2D eigenvalue weighted by molar-refractivity contribution is 7.92. The average Bonchev–Trinajstić information content (AvgIpc) is 2.80. The largest absolute Gasteiger partial charge is 0.454 e. The van der Waals surface area contributed by atoms with Crippen LogP contribution in [0, 0.1) is 0 Å². The third-order valence-electron chi connectivity index (χ3n) is 2.78. The van der Waals surface area contributed by atoms with Crippen LogP contribution in [0.3, 0.4) is 0 Å². The van der Waals surface area contributed by atoms with E-state index >= 15 is 0 Å². The molecule has 1 heterocycles. The lowest BCUT2D eigenvalue weighted by atomic mass is 10.2. The predicted molar refractivity (Wildman–Crippen MR) is 78.0 cm³/mol. The minimum atomic E-state index is -3.59. The summed E-state index contributed by atoms with van der Waals surface area (Å²) in [4.78, 5) is 11.8. The fraction of sp³-hybridized carbons (Fsp3) is 0.462. The molecule has 1 N–H and O–H groups in total. The summed E-state index contributed by atoms with van der Waals surface area (Å²) < 4.78 is 35.3. The smallest absolute Gasteiger partial charge is 0.240 e. The molecule has 1 aliphatic rings. The SMILES string of the molecule is CC(C)NC(=O)CN(c1ccc2c(c1)OCO2)S(C)(=O)=O. The highest BCUT2D eigenvalue weighted by Gasteiger charge is 2.23. The van der Waals surface area contributed by atoms with Gasteiger partial charge in [0.1, 0.15) is 6.54 Å². The van der Waals surface area contributed by atoms with Gasteiger partial charge in [0.15, 0.2) is 11.5 Å². The van der Waals surface area contributed by atoms with Crippen molar-refractivity contribution in [1.82, 2.24) is 5.32 Å². The Hall–Kier alpha value is -1.96. The van der Waals surface area contributed by atoms with Crippen molar-refractivity contribution >= 4 is 21.6 Å². The van der Waals surface area contributed by atoms with Gasteiger partial charge in [-0.25, -0.2) is 8.42 Å². The summed E-state index contributed by atoms with van der Waals surface area (Å²) in [7, 11) is -3.59. The van der Waals surface area contributed by atoms with Crippen molar-refractivity contribution in [3.8, 4) is 11.5 Å². The van der Waals surface area contributed by atoms with Crippen molar-refractivity contribution in [3.63, 3.8) is 0 Å². The first kappa shape index (κ1) is 15.4. The van der Waals surface area contributed by atoms with Crippen molar-refractivity contribution < 1.29 is 22.7 Å². The number of nitrogens with one attached hydrogen (secondary N) is 1. The zero-order valence-electron chi connectivity index (χ0n) is 12.1. The van der Waals surface area contributed by atoms with Gasteiger partial charge in [0.25, 0.3) is 0 Å². The van der Waals surface area contributed by atoms with Crippen molar-refractivity contribution in [2.24, 2.45) is 0 Å². The lowest BCUT2D eigenvalue weighted by molar-refractivity contribution is -0.120. The summed E-state index contributed by atoms with van der Waals surface area (Å²) in [6.07, 6.45) is 1.06. The van der Waals surface area contributed by atoms with E-state index in [1.54, 1.807) is 18.2 Å². The number of nitrogens with zero attached hydrogens (tertiary/aromatic N) is 1. The van der Waals surface area contributed by atoms with Crippen LogP contribution >= 0.6 is 0 Å². The van der Waals surface area contributed by atoms with E-state index in [1.807, 2.05) is 13.8 Å². The van der Waals surface area contributed by atoms with E-state index in [4.69, 9.17) is 9.47 Å². The van der Waals surface area contributed by atoms with Crippen LogP contribution in [-0.2, 0) is 14.8 Å². The summed E-state index contributed by atoms with van der Waals surface area (Å²) in [5, 5.41) is 2.67. The quantitative estimate of drug-likeness (QED) is 0.865. The molecule has 7 nitrogen and oxygen atoms in total. The predicted octanol–water partition coefficient (Wildman–Crippen LogP) is 0.706. The van der Waals surface area contributed by atoms with E-state index in [2.05, 4.69) is 5.32 Å². The number of fused-ring (bicyclic) bond motifs is 1. The summed E-state index contributed by atoms with van der Waals surface area (Å²) in [5.74, 6) is 0.650. The Kier molecular flexibility index (Phi) is 4.26. The number of hydrogen-bond acceptors (Lipinski definition) is 5. The van der Waals surface area contributed by atoms with Gasteiger partial charge < -0.3 is 14.8 Å². The third kappa shape index (κ3) is 3.78. The van der Waals surface area contributed by atoms with Gasteiger partial charge in [-0.3, -0.25) is 9.10 Å². The van der Waals surface area contributed by atoms with E-state index in [0.29, 0.717) is 17.2 Å². The van der Waals surface area contributed by atoms with E-state index in [-0.39, 0.29) is 25.3 Å². The molecule has 116 valence electrons. The van der Waals surface area contributed by atoms with Crippen LogP contribution in [0.5, 0.6) is 11.5 Å². The summed E-state index contributed by atoms with van der Waals surface area (Å²) >= 11 is 0. The Morgan fingerprint density at radius 3 is 2.62 bits per heavy atom. The first-order valence-electron chi connectivity index (χ1n) is 6.44. The Labute approximate surface area is 123 Å². The third-order valence-corrected chi connectivity index (χ3v) is 3.92. The topological polar surface area (TPSA) is 84.9 Å². The minimum absolute atomic E-state index is 0.0596. The van der Waals surface area contributed by atoms with Gasteiger partial charge in [0.2, 0.25) is 22.7 Å². The zero-order chi connectivity index (χ0) is 15.6. The molecule has 1 aliphatic heterocycles. The van der Waals surface area contributed by atoms with Crippen molar-refractivity contribution in [3.05, 3.63) is 18.2 Å². The first-order valence-corrected chi connectivity index (χ1v) is 8.29. The number of amides is 1. The van der Waals surface area contributed by atoms with Crippen LogP contribution in [0.4, 0.5) is 5.69 Å². The molecule has 0 atom stereocenters. The zero-order valence-corrected chi connectivity index (χ0v) is 12.9. The Bertz CT molecular complexity index is 642. The maximum atomic E-state index is 11.9. The Morgan fingerprint density at radius 2 is 2.00 bits per heavy atom. The van der Waals surface area contributed by atoms with E-state index in [0.717, 1.165) is 10.6 Å². The monoisotopic (exact) mass is 314 g/mol. The minimum Gasteiger partial charge on any atom is -0.454 e. The highest BCUT2D eigenvalue weighted by atomic mass is 32.2. The van der Waals surface area contributed by atoms with E-state index in [1.165, 1.54) is 0 Å². The second-order valence-corrected chi connectivity index (χ2v) is 6.94. The maximum Gasteiger partial charge on any atom is 0.240 e. The molecule has 0 aromatic heterocycles. The van der Waals surface area contributed by atoms with Crippen LogP contribution in [0.25, 0.3) is 0 Å². The van der Waals surface area contributed by atoms with Crippen molar-refractivity contribution in [1.29, 1.82) is 0 Å². The molecule has 0 saturated carbocycles. The summed E-state index contributed by atoms with van der Waals surface area (Å²) in [6, 6.07) is 4.69. The van der Waals surface area contributed by atoms with Gasteiger partial charge in [0, 0.05) is 12.1 Å². The number of carbonyl (C=O) groups excluding carboxylic acids is 1. The molecule has 0 bridgehead atoms. The molecule has 21 heavy (non-hydrogen) atoms. The molecule has 0 aliphatic carbocycles. The number of anilines is 1. The molecule has 1 amide bonds. The molecule has 0 fully saturated rings. The molecule has 0 unspecified atom stereocenters. The molecule has 1 aromatic carbocycles. The lowest BCUT2D eigenvalue weighted by Crippen LogP contribution is -2.42. The second-order valence-electron chi connectivity index (χ2n) is 5.03. The summed E-state index contributed by atoms with van der Waals surface area (Å²) in [5.41, 5.74) is 0.362. The molecular formula is C13H18N2O5S. The number of hydrogen-bond donors (Lipinski definition) is 1. The Balaban J connectivity index is 2.27. The molecule has 1 aromatic rings. The molecular weight excluding hydrogens is 296 g/mol. The standard InChI is InChI=1S/C13H18N2O5S/c1-9(2)14-13(16)7-15(21(3,17)18)10-4-5-11-12(6-10)20-8-19-11/h4-6,9H,7-8H2,1-3H3,(H,14,16). The second kappa shape index (κ2) is 5.80. The van der Waals surface area contributed by atoms with Gasteiger partial charge in [-0.2, -0.15) is 0 Å². The average molecular weight is 314 g/mol. The van der Waals surface area contributed by atoms with Crippen LogP contribution in [-0.4, -0.2) is 40.0 Å². The van der Waals surface area contributed by atoms with Gasteiger partial charge in [-0.1, -0.05) is 0 Å². The van der Waals surface area contributed by atoms with Crippen molar-refractivity contribution in [2.45, 2.75) is 19.9 Å². The Morgan fingerprint density at radius 1 is 1.33 bits per heavy atom. The van der Waals surface area contributed by atoms with Gasteiger partial charge >= 0.3 is 0 Å². The van der Waals surface area contributed by atoms with Gasteiger partial charge in [0.05, 0.1) is 11.9 Å². The first-order chi connectivity index (χ1) is 9.77. The van der Waals surface area contributed by atoms with Crippen LogP contribution in [0.15, 0.2) is 18.2 Å². The molecule has 2 rings (SSSR count). The number of carbonyl (C=O) groups is 1. The van der Waals surface area contributed by atoms with Crippen LogP contribution in [0.2, 0.25) is 0 Å². The number of rotatable bonds is 5.